The van der Waals surface area contributed by atoms with E-state index in [0.29, 0.717) is 12.0 Å². The van der Waals surface area contributed by atoms with Crippen LogP contribution in [0.3, 0.4) is 0 Å². The molecule has 1 aromatic carbocycles. The Balaban J connectivity index is 2.33. The highest BCUT2D eigenvalue weighted by atomic mass is 16.4. The summed E-state index contributed by atoms with van der Waals surface area (Å²) in [7, 11) is 0. The van der Waals surface area contributed by atoms with E-state index in [1.807, 2.05) is 24.3 Å². The first-order valence-electron chi connectivity index (χ1n) is 12.3. The standard InChI is InChI=1S/C25H36N6O7/c1-4-12(2)20(24(36)31-21(13(3)32)25(37)38)30-23(35)18(29-22(34)16(26)10-19(27)33)9-14-11-28-17-8-6-5-7-15(14)17/h5-8,11-13,16,18,20-21,28,32H,4,9-10,26H2,1-3H3,(H2,27,33)(H,29,34)(H,30,35)(H,31,36)(H,37,38). The maximum absolute atomic E-state index is 13.5. The molecule has 1 aromatic heterocycles. The number of primary amides is 1. The molecule has 6 atom stereocenters. The van der Waals surface area contributed by atoms with Gasteiger partial charge in [0, 0.05) is 23.5 Å². The minimum absolute atomic E-state index is 0.0190. The lowest BCUT2D eigenvalue weighted by molar-refractivity contribution is -0.145. The Hall–Kier alpha value is -3.97. The number of aromatic nitrogens is 1. The summed E-state index contributed by atoms with van der Waals surface area (Å²) >= 11 is 0. The van der Waals surface area contributed by atoms with Crippen LogP contribution in [0.25, 0.3) is 10.9 Å². The molecule has 13 heteroatoms. The highest BCUT2D eigenvalue weighted by Crippen LogP contribution is 2.19. The lowest BCUT2D eigenvalue weighted by Gasteiger charge is -2.28. The Kier molecular flexibility index (Phi) is 10.8. The van der Waals surface area contributed by atoms with Crippen molar-refractivity contribution in [3.05, 3.63) is 36.0 Å². The van der Waals surface area contributed by atoms with Gasteiger partial charge in [-0.15, -0.1) is 0 Å². The second-order valence-electron chi connectivity index (χ2n) is 9.34. The molecular weight excluding hydrogens is 496 g/mol. The number of nitrogens with one attached hydrogen (secondary N) is 4. The van der Waals surface area contributed by atoms with Gasteiger partial charge in [0.15, 0.2) is 6.04 Å². The van der Waals surface area contributed by atoms with Gasteiger partial charge < -0.3 is 42.6 Å². The van der Waals surface area contributed by atoms with Crippen molar-refractivity contribution < 1.29 is 34.2 Å². The topological polar surface area (TPSA) is 230 Å². The minimum Gasteiger partial charge on any atom is -0.480 e. The van der Waals surface area contributed by atoms with Crippen LogP contribution in [0.5, 0.6) is 0 Å². The van der Waals surface area contributed by atoms with Gasteiger partial charge in [0.1, 0.15) is 12.1 Å². The van der Waals surface area contributed by atoms with E-state index in [2.05, 4.69) is 20.9 Å². The number of H-pyrrole nitrogens is 1. The number of aromatic amines is 1. The molecule has 0 radical (unpaired) electrons. The number of carbonyl (C=O) groups excluding carboxylic acids is 4. The van der Waals surface area contributed by atoms with E-state index < -0.39 is 72.2 Å². The van der Waals surface area contributed by atoms with Gasteiger partial charge in [0.05, 0.1) is 18.6 Å². The lowest BCUT2D eigenvalue weighted by Crippen LogP contribution is -2.60. The second kappa shape index (κ2) is 13.5. The van der Waals surface area contributed by atoms with E-state index in [4.69, 9.17) is 11.5 Å². The molecule has 0 saturated heterocycles. The number of aliphatic carboxylic acids is 1. The van der Waals surface area contributed by atoms with Gasteiger partial charge in [-0.25, -0.2) is 4.79 Å². The number of rotatable bonds is 14. The van der Waals surface area contributed by atoms with Crippen LogP contribution in [0.15, 0.2) is 30.5 Å². The molecule has 4 amide bonds. The second-order valence-corrected chi connectivity index (χ2v) is 9.34. The minimum atomic E-state index is -1.58. The van der Waals surface area contributed by atoms with Gasteiger partial charge in [-0.05, 0) is 24.5 Å². The van der Waals surface area contributed by atoms with Crippen molar-refractivity contribution >= 4 is 40.5 Å². The fourth-order valence-electron chi connectivity index (χ4n) is 3.91. The Labute approximate surface area is 219 Å². The molecule has 10 N–H and O–H groups in total. The van der Waals surface area contributed by atoms with Crippen LogP contribution < -0.4 is 27.4 Å². The van der Waals surface area contributed by atoms with Crippen LogP contribution in [0.2, 0.25) is 0 Å². The van der Waals surface area contributed by atoms with Crippen LogP contribution in [-0.4, -0.2) is 75.1 Å². The highest BCUT2D eigenvalue weighted by Gasteiger charge is 2.34. The zero-order valence-corrected chi connectivity index (χ0v) is 21.6. The summed E-state index contributed by atoms with van der Waals surface area (Å²) in [5.41, 5.74) is 12.4. The van der Waals surface area contributed by atoms with E-state index in [0.717, 1.165) is 10.9 Å². The molecule has 0 spiro atoms. The molecule has 0 saturated carbocycles. The maximum atomic E-state index is 13.5. The largest absolute Gasteiger partial charge is 0.480 e. The van der Waals surface area contributed by atoms with Crippen molar-refractivity contribution in [1.82, 2.24) is 20.9 Å². The molecule has 6 unspecified atom stereocenters. The third-order valence-corrected chi connectivity index (χ3v) is 6.33. The van der Waals surface area contributed by atoms with Gasteiger partial charge in [-0.1, -0.05) is 38.5 Å². The van der Waals surface area contributed by atoms with Crippen molar-refractivity contribution in [3.63, 3.8) is 0 Å². The van der Waals surface area contributed by atoms with Crippen molar-refractivity contribution in [1.29, 1.82) is 0 Å². The molecule has 0 aliphatic rings. The monoisotopic (exact) mass is 532 g/mol. The Morgan fingerprint density at radius 1 is 0.974 bits per heavy atom. The van der Waals surface area contributed by atoms with Gasteiger partial charge in [0.25, 0.3) is 0 Å². The number of hydrogen-bond donors (Lipinski definition) is 8. The number of carbonyl (C=O) groups is 5. The van der Waals surface area contributed by atoms with Gasteiger partial charge in [0.2, 0.25) is 23.6 Å². The summed E-state index contributed by atoms with van der Waals surface area (Å²) < 4.78 is 0. The number of carboxylic acids is 1. The number of aliphatic hydroxyl groups is 1. The zero-order chi connectivity index (χ0) is 28.6. The average molecular weight is 533 g/mol. The molecule has 1 heterocycles. The van der Waals surface area contributed by atoms with Crippen LogP contribution >= 0.6 is 0 Å². The highest BCUT2D eigenvalue weighted by molar-refractivity contribution is 5.95. The third-order valence-electron chi connectivity index (χ3n) is 6.33. The molecular formula is C25H36N6O7. The number of amides is 4. The molecule has 0 bridgehead atoms. The van der Waals surface area contributed by atoms with Crippen LogP contribution in [-0.2, 0) is 30.4 Å². The van der Waals surface area contributed by atoms with E-state index in [1.54, 1.807) is 20.0 Å². The van der Waals surface area contributed by atoms with Crippen molar-refractivity contribution in [2.45, 2.75) is 70.3 Å². The normalized spacial score (nSPS) is 15.9. The SMILES string of the molecule is CCC(C)C(NC(=O)C(Cc1c[nH]c2ccccc12)NC(=O)C(N)CC(N)=O)C(=O)NC(C(=O)O)C(C)O. The quantitative estimate of drug-likeness (QED) is 0.148. The first-order chi connectivity index (χ1) is 17.8. The molecule has 13 nitrogen and oxygen atoms in total. The Bertz CT molecular complexity index is 1160. The Morgan fingerprint density at radius 3 is 2.18 bits per heavy atom. The molecule has 2 aromatic rings. The molecule has 38 heavy (non-hydrogen) atoms. The fourth-order valence-corrected chi connectivity index (χ4v) is 3.91. The molecule has 208 valence electrons. The van der Waals surface area contributed by atoms with E-state index in [9.17, 15) is 34.2 Å². The van der Waals surface area contributed by atoms with Crippen molar-refractivity contribution in [3.8, 4) is 0 Å². The summed E-state index contributed by atoms with van der Waals surface area (Å²) in [5.74, 6) is -4.96. The Morgan fingerprint density at radius 2 is 1.61 bits per heavy atom. The number of nitrogens with two attached hydrogens (primary N) is 2. The number of hydrogen-bond acceptors (Lipinski definition) is 7. The maximum Gasteiger partial charge on any atom is 0.328 e. The number of aliphatic hydroxyl groups excluding tert-OH is 1. The number of fused-ring (bicyclic) bond motifs is 1. The molecule has 0 aliphatic heterocycles. The average Bonchev–Trinajstić information content (AvgIpc) is 3.26. The first kappa shape index (κ1) is 30.3. The summed E-state index contributed by atoms with van der Waals surface area (Å²) in [6, 6.07) is 2.10. The summed E-state index contributed by atoms with van der Waals surface area (Å²) in [6.45, 7) is 4.70. The van der Waals surface area contributed by atoms with E-state index in [-0.39, 0.29) is 6.42 Å². The van der Waals surface area contributed by atoms with Crippen molar-refractivity contribution in [2.75, 3.05) is 0 Å². The first-order valence-corrected chi connectivity index (χ1v) is 12.3. The predicted octanol–water partition coefficient (Wildman–Crippen LogP) is -1.12. The van der Waals surface area contributed by atoms with E-state index in [1.165, 1.54) is 6.92 Å². The number of carboxylic acid groups (broad SMARTS) is 1. The van der Waals surface area contributed by atoms with Crippen LogP contribution in [0, 0.1) is 5.92 Å². The summed E-state index contributed by atoms with van der Waals surface area (Å²) in [6.07, 6.45) is 0.352. The number of para-hydroxylation sites is 1. The fraction of sp³-hybridized carbons (Fsp3) is 0.480. The number of benzene rings is 1. The molecule has 0 aliphatic carbocycles. The zero-order valence-electron chi connectivity index (χ0n) is 21.6. The smallest absolute Gasteiger partial charge is 0.328 e. The van der Waals surface area contributed by atoms with Gasteiger partial charge in [-0.3, -0.25) is 19.2 Å². The van der Waals surface area contributed by atoms with Crippen molar-refractivity contribution in [2.24, 2.45) is 17.4 Å². The molecule has 0 fully saturated rings. The summed E-state index contributed by atoms with van der Waals surface area (Å²) in [4.78, 5) is 64.9. The lowest BCUT2D eigenvalue weighted by atomic mass is 9.96. The van der Waals surface area contributed by atoms with Gasteiger partial charge in [-0.2, -0.15) is 0 Å². The van der Waals surface area contributed by atoms with Crippen LogP contribution in [0.4, 0.5) is 0 Å². The van der Waals surface area contributed by atoms with Crippen LogP contribution in [0.1, 0.15) is 39.2 Å². The van der Waals surface area contributed by atoms with Gasteiger partial charge >= 0.3 is 5.97 Å². The predicted molar refractivity (Wildman–Crippen MR) is 138 cm³/mol. The molecule has 2 rings (SSSR count). The van der Waals surface area contributed by atoms with E-state index >= 15 is 0 Å². The third kappa shape index (κ3) is 8.02. The summed E-state index contributed by atoms with van der Waals surface area (Å²) in [5, 5.41) is 27.3.